The Balaban J connectivity index is 3.00. The number of aliphatic hydroxyl groups is 1. The van der Waals surface area contributed by atoms with Crippen LogP contribution in [-0.2, 0) is 20.7 Å². The highest BCUT2D eigenvalue weighted by molar-refractivity contribution is 5.76. The molecule has 0 amide bonds. The highest BCUT2D eigenvalue weighted by Gasteiger charge is 2.24. The van der Waals surface area contributed by atoms with Crippen molar-refractivity contribution in [2.75, 3.05) is 13.7 Å². The van der Waals surface area contributed by atoms with Crippen LogP contribution in [0.3, 0.4) is 0 Å². The quantitative estimate of drug-likeness (QED) is 0.732. The number of methoxy groups -OCH3 is 1. The molecule has 2 N–H and O–H groups in total. The number of esters is 1. The van der Waals surface area contributed by atoms with Gasteiger partial charge in [0.1, 0.15) is 5.75 Å². The van der Waals surface area contributed by atoms with E-state index in [9.17, 15) is 14.7 Å². The fraction of sp³-hybridized carbons (Fsp3) is 0.429. The van der Waals surface area contributed by atoms with Crippen LogP contribution >= 0.6 is 0 Å². The van der Waals surface area contributed by atoms with Crippen LogP contribution in [0.15, 0.2) is 18.2 Å². The summed E-state index contributed by atoms with van der Waals surface area (Å²) in [7, 11) is 1.39. The number of aliphatic hydroxyl groups excluding tert-OH is 1. The number of benzene rings is 1. The van der Waals surface area contributed by atoms with E-state index in [1.807, 2.05) is 0 Å². The van der Waals surface area contributed by atoms with E-state index in [-0.39, 0.29) is 30.1 Å². The Morgan fingerprint density at radius 3 is 2.60 bits per heavy atom. The predicted octanol–water partition coefficient (Wildman–Crippen LogP) is 1.31. The van der Waals surface area contributed by atoms with Crippen LogP contribution in [0.5, 0.6) is 5.75 Å². The third-order valence-electron chi connectivity index (χ3n) is 2.79. The van der Waals surface area contributed by atoms with Crippen molar-refractivity contribution in [1.29, 1.82) is 0 Å². The zero-order valence-electron chi connectivity index (χ0n) is 11.5. The lowest BCUT2D eigenvalue weighted by Gasteiger charge is -2.16. The molecule has 0 aliphatic rings. The van der Waals surface area contributed by atoms with Crippen LogP contribution in [0.4, 0.5) is 0 Å². The molecule has 0 saturated heterocycles. The minimum Gasteiger partial charge on any atom is -0.496 e. The first-order chi connectivity index (χ1) is 9.51. The number of ether oxygens (including phenoxy) is 2. The second-order valence-corrected chi connectivity index (χ2v) is 4.08. The molecule has 110 valence electrons. The number of rotatable bonds is 7. The zero-order valence-corrected chi connectivity index (χ0v) is 11.5. The smallest absolute Gasteiger partial charge is 0.337 e. The fourth-order valence-corrected chi connectivity index (χ4v) is 1.89. The van der Waals surface area contributed by atoms with Crippen molar-refractivity contribution in [3.8, 4) is 5.75 Å². The normalized spacial score (nSPS) is 11.8. The number of hydrogen-bond donors (Lipinski definition) is 2. The van der Waals surface area contributed by atoms with Crippen LogP contribution in [-0.4, -0.2) is 35.9 Å². The van der Waals surface area contributed by atoms with Crippen molar-refractivity contribution >= 4 is 11.9 Å². The van der Waals surface area contributed by atoms with Gasteiger partial charge in [-0.1, -0.05) is 12.1 Å². The first-order valence-electron chi connectivity index (χ1n) is 6.23. The number of aryl methyl sites for hydroxylation is 1. The lowest BCUT2D eigenvalue weighted by molar-refractivity contribution is -0.147. The van der Waals surface area contributed by atoms with Gasteiger partial charge in [-0.15, -0.1) is 0 Å². The summed E-state index contributed by atoms with van der Waals surface area (Å²) in [4.78, 5) is 22.3. The first-order valence-corrected chi connectivity index (χ1v) is 6.23. The van der Waals surface area contributed by atoms with Gasteiger partial charge >= 0.3 is 11.9 Å². The van der Waals surface area contributed by atoms with Crippen molar-refractivity contribution in [1.82, 2.24) is 0 Å². The van der Waals surface area contributed by atoms with Crippen molar-refractivity contribution < 1.29 is 29.3 Å². The van der Waals surface area contributed by atoms with Gasteiger partial charge in [-0.25, -0.2) is 4.79 Å². The van der Waals surface area contributed by atoms with Gasteiger partial charge in [0.25, 0.3) is 0 Å². The van der Waals surface area contributed by atoms with E-state index < -0.39 is 12.1 Å². The zero-order chi connectivity index (χ0) is 15.1. The molecule has 0 spiro atoms. The topological polar surface area (TPSA) is 93.1 Å². The summed E-state index contributed by atoms with van der Waals surface area (Å²) in [6, 6.07) is 4.90. The summed E-state index contributed by atoms with van der Waals surface area (Å²) < 4.78 is 9.89. The molecular weight excluding hydrogens is 264 g/mol. The number of carboxylic acids is 1. The standard InChI is InChI=1S/C14H18O6/c1-3-20-11(15)8-7-9-5-4-6-10(19-2)12(9)13(16)14(17)18/h4-6,13,16H,3,7-8H2,1-2H3,(H,17,18). The van der Waals surface area contributed by atoms with Gasteiger partial charge in [0.15, 0.2) is 6.10 Å². The van der Waals surface area contributed by atoms with E-state index in [0.717, 1.165) is 0 Å². The van der Waals surface area contributed by atoms with E-state index >= 15 is 0 Å². The summed E-state index contributed by atoms with van der Waals surface area (Å²) in [6.45, 7) is 2.00. The van der Waals surface area contributed by atoms with Crippen molar-refractivity contribution in [3.63, 3.8) is 0 Å². The molecule has 0 aliphatic carbocycles. The number of carboxylic acid groups (broad SMARTS) is 1. The SMILES string of the molecule is CCOC(=O)CCc1cccc(OC)c1C(O)C(=O)O. The molecule has 0 aromatic heterocycles. The molecular formula is C14H18O6. The van der Waals surface area contributed by atoms with E-state index in [0.29, 0.717) is 12.2 Å². The molecule has 1 aromatic carbocycles. The lowest BCUT2D eigenvalue weighted by atomic mass is 9.97. The number of carbonyl (C=O) groups is 2. The third-order valence-corrected chi connectivity index (χ3v) is 2.79. The summed E-state index contributed by atoms with van der Waals surface area (Å²) in [5, 5.41) is 18.7. The lowest BCUT2D eigenvalue weighted by Crippen LogP contribution is -2.15. The molecule has 1 aromatic rings. The number of hydrogen-bond acceptors (Lipinski definition) is 5. The minimum atomic E-state index is -1.69. The maximum atomic E-state index is 11.4. The van der Waals surface area contributed by atoms with Gasteiger partial charge in [-0.2, -0.15) is 0 Å². The molecule has 1 rings (SSSR count). The van der Waals surface area contributed by atoms with Gasteiger partial charge in [0.2, 0.25) is 0 Å². The van der Waals surface area contributed by atoms with Crippen molar-refractivity contribution in [3.05, 3.63) is 29.3 Å². The Kier molecular flexibility index (Phi) is 5.99. The Hall–Kier alpha value is -2.08. The minimum absolute atomic E-state index is 0.111. The van der Waals surface area contributed by atoms with Crippen molar-refractivity contribution in [2.45, 2.75) is 25.9 Å². The molecule has 0 heterocycles. The van der Waals surface area contributed by atoms with Gasteiger partial charge in [0, 0.05) is 12.0 Å². The summed E-state index contributed by atoms with van der Waals surface area (Å²) in [5.41, 5.74) is 0.721. The Morgan fingerprint density at radius 1 is 1.35 bits per heavy atom. The van der Waals surface area contributed by atoms with Crippen LogP contribution in [0.2, 0.25) is 0 Å². The average molecular weight is 282 g/mol. The maximum absolute atomic E-state index is 11.4. The second-order valence-electron chi connectivity index (χ2n) is 4.08. The highest BCUT2D eigenvalue weighted by atomic mass is 16.5. The average Bonchev–Trinajstić information content (AvgIpc) is 2.44. The molecule has 6 nitrogen and oxygen atoms in total. The summed E-state index contributed by atoms with van der Waals surface area (Å²) >= 11 is 0. The first kappa shape index (κ1) is 16.0. The third kappa shape index (κ3) is 3.96. The molecule has 0 radical (unpaired) electrons. The summed E-state index contributed by atoms with van der Waals surface area (Å²) in [5.74, 6) is -1.46. The fourth-order valence-electron chi connectivity index (χ4n) is 1.89. The molecule has 0 bridgehead atoms. The largest absolute Gasteiger partial charge is 0.496 e. The molecule has 20 heavy (non-hydrogen) atoms. The highest BCUT2D eigenvalue weighted by Crippen LogP contribution is 2.30. The van der Waals surface area contributed by atoms with Crippen LogP contribution in [0.25, 0.3) is 0 Å². The molecule has 1 unspecified atom stereocenters. The van der Waals surface area contributed by atoms with Gasteiger partial charge in [-0.3, -0.25) is 4.79 Å². The molecule has 0 aliphatic heterocycles. The molecule has 1 atom stereocenters. The van der Waals surface area contributed by atoms with E-state index in [4.69, 9.17) is 14.6 Å². The Bertz CT molecular complexity index is 483. The summed E-state index contributed by atoms with van der Waals surface area (Å²) in [6.07, 6.45) is -1.31. The Morgan fingerprint density at radius 2 is 2.05 bits per heavy atom. The predicted molar refractivity (Wildman–Crippen MR) is 70.5 cm³/mol. The maximum Gasteiger partial charge on any atom is 0.337 e. The molecule has 0 fully saturated rings. The monoisotopic (exact) mass is 282 g/mol. The van der Waals surface area contributed by atoms with E-state index in [1.165, 1.54) is 7.11 Å². The van der Waals surface area contributed by atoms with Gasteiger partial charge in [-0.05, 0) is 25.0 Å². The molecule has 6 heteroatoms. The van der Waals surface area contributed by atoms with Crippen LogP contribution < -0.4 is 4.74 Å². The van der Waals surface area contributed by atoms with Crippen molar-refractivity contribution in [2.24, 2.45) is 0 Å². The van der Waals surface area contributed by atoms with Gasteiger partial charge < -0.3 is 19.7 Å². The van der Waals surface area contributed by atoms with E-state index in [2.05, 4.69) is 0 Å². The van der Waals surface area contributed by atoms with E-state index in [1.54, 1.807) is 25.1 Å². The Labute approximate surface area is 116 Å². The molecule has 0 saturated carbocycles. The number of carbonyl (C=O) groups excluding carboxylic acids is 1. The van der Waals surface area contributed by atoms with Crippen LogP contribution in [0.1, 0.15) is 30.6 Å². The number of aliphatic carboxylic acids is 1. The van der Waals surface area contributed by atoms with Crippen LogP contribution in [0, 0.1) is 0 Å². The van der Waals surface area contributed by atoms with Gasteiger partial charge in [0.05, 0.1) is 13.7 Å². The second kappa shape index (κ2) is 7.49.